The second-order valence-corrected chi connectivity index (χ2v) is 5.17. The minimum absolute atomic E-state index is 0.0948. The maximum atomic E-state index is 11.7. The van der Waals surface area contributed by atoms with E-state index in [1.165, 1.54) is 11.8 Å². The number of anilines is 1. The lowest BCUT2D eigenvalue weighted by atomic mass is 10.3. The number of aliphatic imine (C=N–C) groups is 1. The standard InChI is InChI=1S/C12H14ClN3O2S/c1-18-10-3-2-8(6-9(10)13)16-11(17)7-19-12-14-4-5-15-12/h2-3,6H,4-5,7H2,1H3,(H,14,15)(H,16,17). The van der Waals surface area contributed by atoms with Crippen LogP contribution in [-0.2, 0) is 4.79 Å². The largest absolute Gasteiger partial charge is 0.495 e. The third-order valence-electron chi connectivity index (χ3n) is 2.42. The van der Waals surface area contributed by atoms with E-state index in [2.05, 4.69) is 15.6 Å². The Morgan fingerprint density at radius 3 is 3.11 bits per heavy atom. The van der Waals surface area contributed by atoms with Crippen LogP contribution in [0.25, 0.3) is 0 Å². The van der Waals surface area contributed by atoms with E-state index in [0.29, 0.717) is 22.2 Å². The third-order valence-corrected chi connectivity index (χ3v) is 3.67. The zero-order valence-electron chi connectivity index (χ0n) is 10.4. The summed E-state index contributed by atoms with van der Waals surface area (Å²) in [5.74, 6) is 0.802. The second kappa shape index (κ2) is 6.68. The molecule has 2 rings (SSSR count). The molecule has 5 nitrogen and oxygen atoms in total. The van der Waals surface area contributed by atoms with E-state index in [1.54, 1.807) is 25.3 Å². The first kappa shape index (κ1) is 14.0. The van der Waals surface area contributed by atoms with Crippen LogP contribution < -0.4 is 15.4 Å². The molecule has 0 saturated carbocycles. The summed E-state index contributed by atoms with van der Waals surface area (Å²) in [4.78, 5) is 15.9. The molecule has 0 spiro atoms. The molecule has 2 N–H and O–H groups in total. The molecule has 0 unspecified atom stereocenters. The number of carbonyl (C=O) groups excluding carboxylic acids is 1. The normalized spacial score (nSPS) is 13.7. The molecule has 0 aliphatic carbocycles. The van der Waals surface area contributed by atoms with Gasteiger partial charge in [-0.15, -0.1) is 0 Å². The van der Waals surface area contributed by atoms with Gasteiger partial charge in [-0.05, 0) is 18.2 Å². The second-order valence-electron chi connectivity index (χ2n) is 3.80. The lowest BCUT2D eigenvalue weighted by Gasteiger charge is -2.08. The zero-order valence-corrected chi connectivity index (χ0v) is 12.0. The maximum absolute atomic E-state index is 11.7. The van der Waals surface area contributed by atoms with Crippen molar-refractivity contribution in [1.29, 1.82) is 0 Å². The number of nitrogens with zero attached hydrogens (tertiary/aromatic N) is 1. The first-order valence-electron chi connectivity index (χ1n) is 5.73. The minimum atomic E-state index is -0.0948. The summed E-state index contributed by atoms with van der Waals surface area (Å²) in [6, 6.07) is 5.13. The molecule has 0 radical (unpaired) electrons. The van der Waals surface area contributed by atoms with Crippen molar-refractivity contribution >= 4 is 40.1 Å². The molecule has 1 aliphatic heterocycles. The number of amides is 1. The summed E-state index contributed by atoms with van der Waals surface area (Å²) in [5.41, 5.74) is 0.651. The molecule has 0 fully saturated rings. The number of hydrogen-bond donors (Lipinski definition) is 2. The van der Waals surface area contributed by atoms with Gasteiger partial charge in [0.15, 0.2) is 5.17 Å². The van der Waals surface area contributed by atoms with Crippen LogP contribution in [-0.4, -0.2) is 37.0 Å². The Bertz CT molecular complexity index is 508. The quantitative estimate of drug-likeness (QED) is 0.892. The lowest BCUT2D eigenvalue weighted by molar-refractivity contribution is -0.113. The fourth-order valence-corrected chi connectivity index (χ4v) is 2.53. The maximum Gasteiger partial charge on any atom is 0.234 e. The average molecular weight is 300 g/mol. The Balaban J connectivity index is 1.86. The lowest BCUT2D eigenvalue weighted by Crippen LogP contribution is -2.20. The van der Waals surface area contributed by atoms with Crippen LogP contribution in [0.1, 0.15) is 0 Å². The molecule has 1 aliphatic rings. The van der Waals surface area contributed by atoms with Gasteiger partial charge in [0, 0.05) is 12.2 Å². The highest BCUT2D eigenvalue weighted by Crippen LogP contribution is 2.27. The number of thioether (sulfide) groups is 1. The molecule has 1 amide bonds. The predicted octanol–water partition coefficient (Wildman–Crippen LogP) is 1.98. The highest BCUT2D eigenvalue weighted by Gasteiger charge is 2.10. The number of benzene rings is 1. The molecule has 1 aromatic carbocycles. The van der Waals surface area contributed by atoms with E-state index in [-0.39, 0.29) is 5.91 Å². The Morgan fingerprint density at radius 2 is 2.47 bits per heavy atom. The smallest absolute Gasteiger partial charge is 0.234 e. The third kappa shape index (κ3) is 4.04. The number of halogens is 1. The molecular weight excluding hydrogens is 286 g/mol. The summed E-state index contributed by atoms with van der Waals surface area (Å²) in [5, 5.41) is 7.16. The van der Waals surface area contributed by atoms with Crippen molar-refractivity contribution < 1.29 is 9.53 Å². The average Bonchev–Trinajstić information content (AvgIpc) is 2.90. The van der Waals surface area contributed by atoms with E-state index in [4.69, 9.17) is 16.3 Å². The van der Waals surface area contributed by atoms with Crippen LogP contribution in [0.2, 0.25) is 5.02 Å². The van der Waals surface area contributed by atoms with Crippen LogP contribution >= 0.6 is 23.4 Å². The molecule has 0 bridgehead atoms. The molecule has 0 saturated heterocycles. The predicted molar refractivity (Wildman–Crippen MR) is 79.4 cm³/mol. The van der Waals surface area contributed by atoms with E-state index < -0.39 is 0 Å². The van der Waals surface area contributed by atoms with Gasteiger partial charge in [0.1, 0.15) is 5.75 Å². The molecule has 1 heterocycles. The summed E-state index contributed by atoms with van der Waals surface area (Å²) in [6.07, 6.45) is 0. The number of carbonyl (C=O) groups is 1. The molecule has 7 heteroatoms. The van der Waals surface area contributed by atoms with Gasteiger partial charge in [0.05, 0.1) is 24.4 Å². The highest BCUT2D eigenvalue weighted by atomic mass is 35.5. The topological polar surface area (TPSA) is 62.7 Å². The van der Waals surface area contributed by atoms with Crippen LogP contribution in [0, 0.1) is 0 Å². The molecule has 1 aromatic rings. The monoisotopic (exact) mass is 299 g/mol. The number of amidine groups is 1. The van der Waals surface area contributed by atoms with Gasteiger partial charge in [-0.2, -0.15) is 0 Å². The number of ether oxygens (including phenoxy) is 1. The van der Waals surface area contributed by atoms with E-state index in [1.807, 2.05) is 0 Å². The number of rotatable bonds is 4. The van der Waals surface area contributed by atoms with Gasteiger partial charge in [-0.3, -0.25) is 9.79 Å². The summed E-state index contributed by atoms with van der Waals surface area (Å²) >= 11 is 7.38. The summed E-state index contributed by atoms with van der Waals surface area (Å²) < 4.78 is 5.05. The Kier molecular flexibility index (Phi) is 4.93. The van der Waals surface area contributed by atoms with Crippen molar-refractivity contribution in [2.75, 3.05) is 31.3 Å². The van der Waals surface area contributed by atoms with Crippen molar-refractivity contribution in [3.63, 3.8) is 0 Å². The van der Waals surface area contributed by atoms with Gasteiger partial charge < -0.3 is 15.4 Å². The van der Waals surface area contributed by atoms with E-state index in [9.17, 15) is 4.79 Å². The Morgan fingerprint density at radius 1 is 1.63 bits per heavy atom. The molecule has 0 atom stereocenters. The van der Waals surface area contributed by atoms with Crippen molar-refractivity contribution in [2.45, 2.75) is 0 Å². The Labute approximate surface area is 120 Å². The molecular formula is C12H14ClN3O2S. The van der Waals surface area contributed by atoms with Crippen molar-refractivity contribution in [3.8, 4) is 5.75 Å². The van der Waals surface area contributed by atoms with Gasteiger partial charge in [0.2, 0.25) is 5.91 Å². The molecule has 0 aromatic heterocycles. The van der Waals surface area contributed by atoms with Crippen LogP contribution in [0.4, 0.5) is 5.69 Å². The number of nitrogens with one attached hydrogen (secondary N) is 2. The summed E-state index contributed by atoms with van der Waals surface area (Å²) in [7, 11) is 1.55. The zero-order chi connectivity index (χ0) is 13.7. The van der Waals surface area contributed by atoms with Crippen molar-refractivity contribution in [2.24, 2.45) is 4.99 Å². The first-order chi connectivity index (χ1) is 9.19. The molecule has 19 heavy (non-hydrogen) atoms. The van der Waals surface area contributed by atoms with E-state index in [0.717, 1.165) is 18.3 Å². The van der Waals surface area contributed by atoms with Gasteiger partial charge in [0.25, 0.3) is 0 Å². The van der Waals surface area contributed by atoms with Crippen LogP contribution in [0.15, 0.2) is 23.2 Å². The molecule has 102 valence electrons. The first-order valence-corrected chi connectivity index (χ1v) is 7.10. The fraction of sp³-hybridized carbons (Fsp3) is 0.333. The summed E-state index contributed by atoms with van der Waals surface area (Å²) in [6.45, 7) is 1.62. The van der Waals surface area contributed by atoms with Gasteiger partial charge in [-0.25, -0.2) is 0 Å². The fourth-order valence-electron chi connectivity index (χ4n) is 1.55. The minimum Gasteiger partial charge on any atom is -0.495 e. The van der Waals surface area contributed by atoms with E-state index >= 15 is 0 Å². The van der Waals surface area contributed by atoms with Gasteiger partial charge >= 0.3 is 0 Å². The number of methoxy groups -OCH3 is 1. The SMILES string of the molecule is COc1ccc(NC(=O)CSC2=NCCN2)cc1Cl. The van der Waals surface area contributed by atoms with Crippen LogP contribution in [0.5, 0.6) is 5.75 Å². The highest BCUT2D eigenvalue weighted by molar-refractivity contribution is 8.14. The van der Waals surface area contributed by atoms with Crippen molar-refractivity contribution in [3.05, 3.63) is 23.2 Å². The number of hydrogen-bond acceptors (Lipinski definition) is 5. The Hall–Kier alpha value is -1.40. The van der Waals surface area contributed by atoms with Crippen LogP contribution in [0.3, 0.4) is 0 Å². The van der Waals surface area contributed by atoms with Crippen molar-refractivity contribution in [1.82, 2.24) is 5.32 Å². The van der Waals surface area contributed by atoms with Gasteiger partial charge in [-0.1, -0.05) is 23.4 Å².